The highest BCUT2D eigenvalue weighted by Gasteiger charge is 2.48. The van der Waals surface area contributed by atoms with Crippen LogP contribution < -0.4 is 15.4 Å². The average Bonchev–Trinajstić information content (AvgIpc) is 4.02. The Labute approximate surface area is 377 Å². The van der Waals surface area contributed by atoms with Crippen LogP contribution in [-0.2, 0) is 51.1 Å². The minimum absolute atomic E-state index is 0.00532. The third kappa shape index (κ3) is 14.2. The summed E-state index contributed by atoms with van der Waals surface area (Å²) in [6.45, 7) is 16.8. The highest BCUT2D eigenvalue weighted by molar-refractivity contribution is 7.81. The number of carbonyl (C=O) groups is 5. The number of nitrogens with zero attached hydrogens (tertiary/aromatic N) is 2. The Bertz CT molecular complexity index is 1930. The Morgan fingerprint density at radius 2 is 1.68 bits per heavy atom. The number of nitrogens with one attached hydrogen (secondary N) is 2. The van der Waals surface area contributed by atoms with Crippen LogP contribution in [0.15, 0.2) is 54.6 Å². The molecule has 13 nitrogen and oxygen atoms in total. The van der Waals surface area contributed by atoms with E-state index in [9.17, 15) is 24.0 Å². The van der Waals surface area contributed by atoms with E-state index in [-0.39, 0.29) is 60.5 Å². The molecule has 3 amide bonds. The number of piperazine rings is 1. The SMILES string of the molecule is COc1ccc(C[C@H]2NC(=O)/C=C/C[C@@H]([C@H](C)C3OC3c3ccc(CN4CCN(C(=O)CCC(C)(C)S)CC4)cc3)OC(=O)[C@H](CC(C)C)OC(=O)C(C)(C)CNC2=O)cc1Cl. The Kier molecular flexibility index (Phi) is 17.0. The Balaban J connectivity index is 1.27. The maximum absolute atomic E-state index is 13.9. The highest BCUT2D eigenvalue weighted by Crippen LogP contribution is 2.45. The van der Waals surface area contributed by atoms with Crippen LogP contribution in [0.4, 0.5) is 0 Å². The zero-order valence-corrected chi connectivity index (χ0v) is 39.1. The maximum atomic E-state index is 13.9. The molecule has 0 bridgehead atoms. The number of cyclic esters (lactones) is 2. The van der Waals surface area contributed by atoms with Crippen LogP contribution in [-0.4, -0.2) is 108 Å². The lowest BCUT2D eigenvalue weighted by Gasteiger charge is -2.35. The largest absolute Gasteiger partial charge is 0.495 e. The van der Waals surface area contributed by atoms with Gasteiger partial charge in [0.15, 0.2) is 6.10 Å². The van der Waals surface area contributed by atoms with Crippen molar-refractivity contribution in [2.45, 2.75) is 122 Å². The van der Waals surface area contributed by atoms with E-state index in [2.05, 4.69) is 52.4 Å². The van der Waals surface area contributed by atoms with Crippen molar-refractivity contribution in [2.75, 3.05) is 39.8 Å². The van der Waals surface area contributed by atoms with E-state index in [0.29, 0.717) is 35.8 Å². The monoisotopic (exact) mass is 896 g/mol. The van der Waals surface area contributed by atoms with E-state index < -0.39 is 47.4 Å². The minimum atomic E-state index is -1.23. The molecule has 3 aliphatic heterocycles. The summed E-state index contributed by atoms with van der Waals surface area (Å²) in [5, 5.41) is 5.94. The molecule has 340 valence electrons. The van der Waals surface area contributed by atoms with Crippen molar-refractivity contribution >= 4 is 53.9 Å². The number of carbonyl (C=O) groups excluding carboxylic acids is 5. The molecule has 6 atom stereocenters. The molecular weight excluding hydrogens is 832 g/mol. The molecule has 0 aliphatic carbocycles. The van der Waals surface area contributed by atoms with Gasteiger partial charge in [-0.1, -0.05) is 82.6 Å². The van der Waals surface area contributed by atoms with Crippen molar-refractivity contribution in [1.29, 1.82) is 0 Å². The van der Waals surface area contributed by atoms with Crippen molar-refractivity contribution in [3.05, 3.63) is 76.3 Å². The van der Waals surface area contributed by atoms with E-state index in [1.165, 1.54) is 13.2 Å². The van der Waals surface area contributed by atoms with Gasteiger partial charge in [0.25, 0.3) is 0 Å². The lowest BCUT2D eigenvalue weighted by Crippen LogP contribution is -2.51. The molecule has 3 heterocycles. The molecule has 0 aromatic heterocycles. The molecule has 2 N–H and O–H groups in total. The van der Waals surface area contributed by atoms with Crippen LogP contribution in [0.1, 0.15) is 96.9 Å². The van der Waals surface area contributed by atoms with Crippen molar-refractivity contribution in [3.63, 3.8) is 0 Å². The third-order valence-corrected chi connectivity index (χ3v) is 12.2. The molecule has 2 aromatic carbocycles. The molecule has 15 heteroatoms. The number of halogens is 1. The number of amides is 3. The number of rotatable bonds is 13. The van der Waals surface area contributed by atoms with Gasteiger partial charge in [0.05, 0.1) is 23.7 Å². The van der Waals surface area contributed by atoms with Crippen molar-refractivity contribution in [2.24, 2.45) is 17.3 Å². The Hall–Kier alpha value is -4.11. The van der Waals surface area contributed by atoms with Gasteiger partial charge in [-0.15, -0.1) is 0 Å². The molecule has 0 radical (unpaired) electrons. The second-order valence-electron chi connectivity index (χ2n) is 18.6. The summed E-state index contributed by atoms with van der Waals surface area (Å²) in [7, 11) is 1.51. The zero-order valence-electron chi connectivity index (χ0n) is 37.4. The first-order valence-electron chi connectivity index (χ1n) is 21.7. The Morgan fingerprint density at radius 3 is 2.31 bits per heavy atom. The smallest absolute Gasteiger partial charge is 0.347 e. The van der Waals surface area contributed by atoms with Gasteiger partial charge in [0.1, 0.15) is 24.0 Å². The van der Waals surface area contributed by atoms with Crippen LogP contribution in [0.2, 0.25) is 5.02 Å². The summed E-state index contributed by atoms with van der Waals surface area (Å²) in [6.07, 6.45) is 2.30. The summed E-state index contributed by atoms with van der Waals surface area (Å²) in [6, 6.07) is 12.4. The second kappa shape index (κ2) is 21.5. The van der Waals surface area contributed by atoms with E-state index >= 15 is 0 Å². The number of methoxy groups -OCH3 is 1. The summed E-state index contributed by atoms with van der Waals surface area (Å²) in [5.74, 6) is -2.02. The maximum Gasteiger partial charge on any atom is 0.347 e. The van der Waals surface area contributed by atoms with Crippen LogP contribution >= 0.6 is 24.2 Å². The van der Waals surface area contributed by atoms with Crippen LogP contribution in [0.3, 0.4) is 0 Å². The van der Waals surface area contributed by atoms with Gasteiger partial charge < -0.3 is 34.5 Å². The topological polar surface area (TPSA) is 156 Å². The number of hydrogen-bond donors (Lipinski definition) is 3. The van der Waals surface area contributed by atoms with Crippen LogP contribution in [0.25, 0.3) is 0 Å². The number of ether oxygens (including phenoxy) is 4. The predicted molar refractivity (Wildman–Crippen MR) is 241 cm³/mol. The average molecular weight is 898 g/mol. The van der Waals surface area contributed by atoms with E-state index in [0.717, 1.165) is 37.2 Å². The molecule has 3 aliphatic rings. The quantitative estimate of drug-likeness (QED) is 0.119. The highest BCUT2D eigenvalue weighted by atomic mass is 35.5. The van der Waals surface area contributed by atoms with Crippen LogP contribution in [0, 0.1) is 17.3 Å². The van der Waals surface area contributed by atoms with Gasteiger partial charge in [-0.05, 0) is 67.5 Å². The van der Waals surface area contributed by atoms with E-state index in [1.54, 1.807) is 38.1 Å². The lowest BCUT2D eigenvalue weighted by molar-refractivity contribution is -0.179. The second-order valence-corrected chi connectivity index (χ2v) is 20.2. The first kappa shape index (κ1) is 48.9. The summed E-state index contributed by atoms with van der Waals surface area (Å²) in [5.41, 5.74) is 1.62. The van der Waals surface area contributed by atoms with Gasteiger partial charge in [0.2, 0.25) is 17.7 Å². The Morgan fingerprint density at radius 1 is 1.00 bits per heavy atom. The number of benzene rings is 2. The van der Waals surface area contributed by atoms with Crippen molar-refractivity contribution < 1.29 is 42.9 Å². The molecular formula is C47H65ClN4O9S. The summed E-state index contributed by atoms with van der Waals surface area (Å²) in [4.78, 5) is 71.5. The number of thiol groups is 1. The van der Waals surface area contributed by atoms with Gasteiger partial charge in [-0.2, -0.15) is 12.6 Å². The molecule has 2 unspecified atom stereocenters. The molecule has 2 aromatic rings. The van der Waals surface area contributed by atoms with Crippen LogP contribution in [0.5, 0.6) is 5.75 Å². The van der Waals surface area contributed by atoms with Crippen molar-refractivity contribution in [1.82, 2.24) is 20.4 Å². The molecule has 62 heavy (non-hydrogen) atoms. The number of esters is 2. The minimum Gasteiger partial charge on any atom is -0.495 e. The molecule has 2 fully saturated rings. The number of hydrogen-bond acceptors (Lipinski definition) is 11. The van der Waals surface area contributed by atoms with Crippen molar-refractivity contribution in [3.8, 4) is 5.75 Å². The standard InChI is InChI=1S/C47H65ClN4O9S/c1-29(2)24-38-44(56)59-36(10-9-11-39(53)50-35(26-32-14-17-37(58-8)34(48)25-32)43(55)49-28-46(4,5)45(57)60-38)30(3)41-42(61-41)33-15-12-31(13-16-33)27-51-20-22-52(23-21-51)40(54)18-19-47(6,7)62/h9,11-17,25,29-30,35-36,38,41-42,62H,10,18-24,26-28H2,1-8H3,(H,49,55)(H,50,53)/b11-9+/t30-,35+,36-,38-,41?,42?/m0/s1. The molecule has 0 saturated carbocycles. The first-order chi connectivity index (χ1) is 29.2. The van der Waals surface area contributed by atoms with Gasteiger partial charge in [0, 0.05) is 69.2 Å². The molecule has 0 spiro atoms. The van der Waals surface area contributed by atoms with Gasteiger partial charge >= 0.3 is 11.9 Å². The van der Waals surface area contributed by atoms with E-state index in [1.807, 2.05) is 39.5 Å². The predicted octanol–water partition coefficient (Wildman–Crippen LogP) is 6.26. The summed E-state index contributed by atoms with van der Waals surface area (Å²) < 4.78 is 23.3. The number of epoxide rings is 1. The summed E-state index contributed by atoms with van der Waals surface area (Å²) >= 11 is 10.9. The fourth-order valence-electron chi connectivity index (χ4n) is 7.62. The molecule has 2 saturated heterocycles. The fourth-order valence-corrected chi connectivity index (χ4v) is 8.01. The fraction of sp³-hybridized carbons (Fsp3) is 0.596. The van der Waals surface area contributed by atoms with E-state index in [4.69, 9.17) is 30.5 Å². The third-order valence-electron chi connectivity index (χ3n) is 11.7. The first-order valence-corrected chi connectivity index (χ1v) is 22.5. The molecule has 5 rings (SSSR count). The normalized spacial score (nSPS) is 25.3. The van der Waals surface area contributed by atoms with Gasteiger partial charge in [-0.25, -0.2) is 4.79 Å². The van der Waals surface area contributed by atoms with Gasteiger partial charge in [-0.3, -0.25) is 24.1 Å². The zero-order chi connectivity index (χ0) is 45.4. The lowest BCUT2D eigenvalue weighted by atomic mass is 9.92.